The summed E-state index contributed by atoms with van der Waals surface area (Å²) in [5, 5.41) is 3.17. The van der Waals surface area contributed by atoms with Gasteiger partial charge in [-0.1, -0.05) is 29.4 Å². The highest BCUT2D eigenvalue weighted by molar-refractivity contribution is 7.16. The van der Waals surface area contributed by atoms with Crippen molar-refractivity contribution < 1.29 is 27.5 Å². The Balaban J connectivity index is 1.44. The van der Waals surface area contributed by atoms with Crippen LogP contribution < -0.4 is 5.32 Å². The van der Waals surface area contributed by atoms with Crippen LogP contribution in [0.2, 0.25) is 0 Å². The van der Waals surface area contributed by atoms with Crippen LogP contribution in [0.4, 0.5) is 23.1 Å². The monoisotopic (exact) mass is 514 g/mol. The molecule has 2 amide bonds. The number of benzene rings is 1. The van der Waals surface area contributed by atoms with Gasteiger partial charge in [-0.05, 0) is 36.6 Å². The van der Waals surface area contributed by atoms with Crippen LogP contribution in [-0.4, -0.2) is 53.0 Å². The van der Waals surface area contributed by atoms with E-state index < -0.39 is 11.7 Å². The molecular formula is C25H21F3N4O3S. The number of amides is 2. The van der Waals surface area contributed by atoms with E-state index in [9.17, 15) is 22.8 Å². The fourth-order valence-electron chi connectivity index (χ4n) is 3.40. The van der Waals surface area contributed by atoms with Gasteiger partial charge in [-0.25, -0.2) is 9.78 Å². The van der Waals surface area contributed by atoms with Crippen LogP contribution in [0.25, 0.3) is 0 Å². The van der Waals surface area contributed by atoms with Crippen molar-refractivity contribution in [1.82, 2.24) is 14.9 Å². The maximum absolute atomic E-state index is 12.9. The van der Waals surface area contributed by atoms with Crippen LogP contribution in [0.3, 0.4) is 0 Å². The highest BCUT2D eigenvalue weighted by Crippen LogP contribution is 2.29. The lowest BCUT2D eigenvalue weighted by molar-refractivity contribution is -0.137. The zero-order valence-corrected chi connectivity index (χ0v) is 20.0. The lowest BCUT2D eigenvalue weighted by Crippen LogP contribution is -2.43. The minimum absolute atomic E-state index is 0.0411. The van der Waals surface area contributed by atoms with Gasteiger partial charge in [-0.2, -0.15) is 13.2 Å². The number of nitrogens with one attached hydrogen (secondary N) is 1. The van der Waals surface area contributed by atoms with Gasteiger partial charge in [0.15, 0.2) is 10.9 Å². The minimum Gasteiger partial charge on any atom is -0.378 e. The van der Waals surface area contributed by atoms with E-state index in [1.54, 1.807) is 29.3 Å². The van der Waals surface area contributed by atoms with Crippen LogP contribution >= 0.6 is 11.3 Å². The Morgan fingerprint density at radius 3 is 2.67 bits per heavy atom. The lowest BCUT2D eigenvalue weighted by atomic mass is 10.00. The third-order valence-corrected chi connectivity index (χ3v) is 6.21. The molecule has 1 saturated heterocycles. The number of nitrogens with zero attached hydrogens (tertiary/aromatic N) is 3. The molecule has 1 N–H and O–H groups in total. The fraction of sp³-hybridized carbons (Fsp3) is 0.280. The zero-order valence-electron chi connectivity index (χ0n) is 19.2. The summed E-state index contributed by atoms with van der Waals surface area (Å²) in [4.78, 5) is 35.4. The Bertz CT molecular complexity index is 1340. The SMILES string of the molecule is Cc1ccc(C(=O)Cc2cc(C(F)(F)F)ccn2)cc1C#Cc1cnc(NC(=O)N2CCOCC2)s1. The average molecular weight is 515 g/mol. The molecule has 1 aromatic carbocycles. The van der Waals surface area contributed by atoms with E-state index in [2.05, 4.69) is 27.1 Å². The molecule has 0 atom stereocenters. The quantitative estimate of drug-likeness (QED) is 0.408. The van der Waals surface area contributed by atoms with Crippen molar-refractivity contribution in [3.63, 3.8) is 0 Å². The normalized spacial score (nSPS) is 13.6. The zero-order chi connectivity index (χ0) is 25.7. The molecule has 1 fully saturated rings. The predicted molar refractivity (Wildman–Crippen MR) is 128 cm³/mol. The summed E-state index contributed by atoms with van der Waals surface area (Å²) in [7, 11) is 0. The average Bonchev–Trinajstić information content (AvgIpc) is 3.30. The number of anilines is 1. The van der Waals surface area contributed by atoms with Crippen LogP contribution in [0.15, 0.2) is 42.7 Å². The van der Waals surface area contributed by atoms with Gasteiger partial charge in [0.2, 0.25) is 0 Å². The largest absolute Gasteiger partial charge is 0.416 e. The molecule has 1 aliphatic rings. The third-order valence-electron chi connectivity index (χ3n) is 5.38. The van der Waals surface area contributed by atoms with Crippen LogP contribution in [0.5, 0.6) is 0 Å². The number of hydrogen-bond donors (Lipinski definition) is 1. The molecule has 4 rings (SSSR count). The van der Waals surface area contributed by atoms with Gasteiger partial charge in [0.05, 0.1) is 36.3 Å². The maximum atomic E-state index is 12.9. The van der Waals surface area contributed by atoms with Crippen molar-refractivity contribution in [2.24, 2.45) is 0 Å². The number of ether oxygens (including phenoxy) is 1. The minimum atomic E-state index is -4.50. The summed E-state index contributed by atoms with van der Waals surface area (Å²) in [5.41, 5.74) is 0.957. The van der Waals surface area contributed by atoms with Gasteiger partial charge in [-0.3, -0.25) is 15.1 Å². The Kier molecular flexibility index (Phi) is 7.67. The third kappa shape index (κ3) is 6.47. The van der Waals surface area contributed by atoms with E-state index >= 15 is 0 Å². The van der Waals surface area contributed by atoms with E-state index in [0.29, 0.717) is 47.4 Å². The van der Waals surface area contributed by atoms with Crippen LogP contribution in [0.1, 0.15) is 37.6 Å². The number of pyridine rings is 1. The Labute approximate surface area is 209 Å². The molecule has 0 spiro atoms. The molecule has 7 nitrogen and oxygen atoms in total. The molecule has 0 saturated carbocycles. The number of Topliss-reactive ketones (excluding diaryl/α,β-unsaturated/α-hetero) is 1. The van der Waals surface area contributed by atoms with E-state index in [0.717, 1.165) is 23.9 Å². The van der Waals surface area contributed by atoms with E-state index in [1.165, 1.54) is 11.3 Å². The van der Waals surface area contributed by atoms with Gasteiger partial charge >= 0.3 is 12.2 Å². The van der Waals surface area contributed by atoms with Crippen molar-refractivity contribution in [2.45, 2.75) is 19.5 Å². The molecule has 2 aromatic heterocycles. The van der Waals surface area contributed by atoms with E-state index in [4.69, 9.17) is 4.74 Å². The second-order valence-corrected chi connectivity index (χ2v) is 9.00. The number of rotatable bonds is 4. The number of aryl methyl sites for hydroxylation is 1. The topological polar surface area (TPSA) is 84.4 Å². The molecular weight excluding hydrogens is 493 g/mol. The molecule has 0 bridgehead atoms. The number of aromatic nitrogens is 2. The highest BCUT2D eigenvalue weighted by Gasteiger charge is 2.30. The number of alkyl halides is 3. The number of ketones is 1. The van der Waals surface area contributed by atoms with Crippen LogP contribution in [-0.2, 0) is 17.3 Å². The summed E-state index contributed by atoms with van der Waals surface area (Å²) in [6.45, 7) is 3.87. The standard InChI is InChI=1S/C25H21F3N4O3S/c1-16-2-3-18(22(33)14-20-13-19(6-7-29-20)25(26,27)28)12-17(16)4-5-21-15-30-23(36-21)31-24(34)32-8-10-35-11-9-32/h2-3,6-7,12-13,15H,8-11,14H2,1H3,(H,30,31,34). The molecule has 3 aromatic rings. The molecule has 1 aliphatic heterocycles. The number of thiazole rings is 1. The summed E-state index contributed by atoms with van der Waals surface area (Å²) in [6, 6.07) is 6.46. The number of morpholine rings is 1. The van der Waals surface area contributed by atoms with Gasteiger partial charge in [-0.15, -0.1) is 0 Å². The van der Waals surface area contributed by atoms with E-state index in [1.807, 2.05) is 6.92 Å². The summed E-state index contributed by atoms with van der Waals surface area (Å²) in [6.07, 6.45) is -2.17. The number of urea groups is 1. The first-order chi connectivity index (χ1) is 17.2. The van der Waals surface area contributed by atoms with Gasteiger partial charge in [0.25, 0.3) is 0 Å². The summed E-state index contributed by atoms with van der Waals surface area (Å²) < 4.78 is 44.1. The second-order valence-electron chi connectivity index (χ2n) is 7.97. The van der Waals surface area contributed by atoms with Gasteiger partial charge < -0.3 is 9.64 Å². The first kappa shape index (κ1) is 25.3. The summed E-state index contributed by atoms with van der Waals surface area (Å²) in [5.74, 6) is 5.63. The fourth-order valence-corrected chi connectivity index (χ4v) is 4.06. The van der Waals surface area contributed by atoms with Gasteiger partial charge in [0.1, 0.15) is 0 Å². The molecule has 0 unspecified atom stereocenters. The highest BCUT2D eigenvalue weighted by atomic mass is 32.1. The predicted octanol–water partition coefficient (Wildman–Crippen LogP) is 4.55. The Morgan fingerprint density at radius 1 is 1.14 bits per heavy atom. The number of hydrogen-bond acceptors (Lipinski definition) is 6. The number of carbonyl (C=O) groups is 2. The molecule has 36 heavy (non-hydrogen) atoms. The van der Waals surface area contributed by atoms with Crippen molar-refractivity contribution in [3.8, 4) is 11.8 Å². The van der Waals surface area contributed by atoms with Crippen LogP contribution in [0, 0.1) is 18.8 Å². The lowest BCUT2D eigenvalue weighted by Gasteiger charge is -2.26. The molecule has 11 heteroatoms. The number of halogens is 3. The molecule has 3 heterocycles. The molecule has 186 valence electrons. The van der Waals surface area contributed by atoms with Crippen molar-refractivity contribution in [2.75, 3.05) is 31.6 Å². The first-order valence-corrected chi connectivity index (χ1v) is 11.8. The first-order valence-electron chi connectivity index (χ1n) is 11.0. The summed E-state index contributed by atoms with van der Waals surface area (Å²) >= 11 is 1.22. The Hall–Kier alpha value is -3.75. The van der Waals surface area contributed by atoms with Crippen molar-refractivity contribution >= 4 is 28.3 Å². The Morgan fingerprint density at radius 2 is 1.92 bits per heavy atom. The molecule has 0 aliphatic carbocycles. The second kappa shape index (κ2) is 10.9. The smallest absolute Gasteiger partial charge is 0.378 e. The maximum Gasteiger partial charge on any atom is 0.416 e. The number of carbonyl (C=O) groups excluding carboxylic acids is 2. The van der Waals surface area contributed by atoms with Crippen molar-refractivity contribution in [1.29, 1.82) is 0 Å². The van der Waals surface area contributed by atoms with E-state index in [-0.39, 0.29) is 23.9 Å². The van der Waals surface area contributed by atoms with Crippen molar-refractivity contribution in [3.05, 3.63) is 75.6 Å². The van der Waals surface area contributed by atoms with Gasteiger partial charge in [0, 0.05) is 36.1 Å². The molecule has 0 radical (unpaired) electrons.